The number of aryl methyl sites for hydroxylation is 1. The number of nitrogens with zero attached hydrogens (tertiary/aromatic N) is 1. The van der Waals surface area contributed by atoms with E-state index in [0.717, 1.165) is 48.6 Å². The number of benzene rings is 2. The van der Waals surface area contributed by atoms with Crippen molar-refractivity contribution < 1.29 is 14.3 Å². The molecule has 1 heterocycles. The molecule has 1 fully saturated rings. The van der Waals surface area contributed by atoms with Crippen molar-refractivity contribution >= 4 is 23.6 Å². The fourth-order valence-electron chi connectivity index (χ4n) is 3.24. The Morgan fingerprint density at radius 3 is 2.69 bits per heavy atom. The molecular weight excluding hydrogens is 384 g/mol. The van der Waals surface area contributed by atoms with E-state index in [0.29, 0.717) is 24.5 Å². The summed E-state index contributed by atoms with van der Waals surface area (Å²) in [6.07, 6.45) is 2.90. The van der Waals surface area contributed by atoms with Crippen molar-refractivity contribution in [3.8, 4) is 5.75 Å². The Bertz CT molecular complexity index is 834. The normalized spacial score (nSPS) is 13.3. The van der Waals surface area contributed by atoms with Crippen LogP contribution in [0.4, 0.5) is 0 Å². The SMILES string of the molecule is Cc1cccc(OCCCNC(=O)c2ccccc2SCC(=O)N2CCCC2)c1. The van der Waals surface area contributed by atoms with Crippen LogP contribution in [0.2, 0.25) is 0 Å². The van der Waals surface area contributed by atoms with Crippen LogP contribution in [0, 0.1) is 6.92 Å². The maximum atomic E-state index is 12.6. The molecule has 1 saturated heterocycles. The molecule has 154 valence electrons. The van der Waals surface area contributed by atoms with Crippen molar-refractivity contribution in [2.24, 2.45) is 0 Å². The van der Waals surface area contributed by atoms with Crippen LogP contribution in [0.1, 0.15) is 35.2 Å². The minimum Gasteiger partial charge on any atom is -0.494 e. The van der Waals surface area contributed by atoms with Crippen LogP contribution in [-0.4, -0.2) is 48.7 Å². The highest BCUT2D eigenvalue weighted by atomic mass is 32.2. The maximum Gasteiger partial charge on any atom is 0.252 e. The summed E-state index contributed by atoms with van der Waals surface area (Å²) < 4.78 is 5.71. The first-order valence-corrected chi connectivity index (χ1v) is 11.1. The molecule has 0 unspecified atom stereocenters. The van der Waals surface area contributed by atoms with Gasteiger partial charge in [-0.3, -0.25) is 9.59 Å². The zero-order valence-corrected chi connectivity index (χ0v) is 17.7. The number of carbonyl (C=O) groups is 2. The fourth-order valence-corrected chi connectivity index (χ4v) is 4.19. The quantitative estimate of drug-likeness (QED) is 0.501. The average Bonchev–Trinajstić information content (AvgIpc) is 3.27. The largest absolute Gasteiger partial charge is 0.494 e. The number of rotatable bonds is 9. The standard InChI is InChI=1S/C23H28N2O3S/c1-18-8-6-9-19(16-18)28-15-7-12-24-23(27)20-10-2-3-11-21(20)29-17-22(26)25-13-4-5-14-25/h2-3,6,8-11,16H,4-5,7,12-15,17H2,1H3,(H,24,27). The lowest BCUT2D eigenvalue weighted by molar-refractivity contribution is -0.127. The lowest BCUT2D eigenvalue weighted by Gasteiger charge is -2.15. The van der Waals surface area contributed by atoms with Crippen molar-refractivity contribution in [3.05, 3.63) is 59.7 Å². The highest BCUT2D eigenvalue weighted by Gasteiger charge is 2.19. The van der Waals surface area contributed by atoms with Gasteiger partial charge in [-0.25, -0.2) is 0 Å². The van der Waals surface area contributed by atoms with E-state index in [1.807, 2.05) is 54.3 Å². The second kappa shape index (κ2) is 10.9. The number of ether oxygens (including phenoxy) is 1. The van der Waals surface area contributed by atoms with Crippen LogP contribution < -0.4 is 10.1 Å². The Labute approximate surface area is 176 Å². The predicted octanol–water partition coefficient (Wildman–Crippen LogP) is 3.91. The number of likely N-dealkylation sites (tertiary alicyclic amines) is 1. The molecule has 0 bridgehead atoms. The molecule has 2 aromatic carbocycles. The molecule has 29 heavy (non-hydrogen) atoms. The Hall–Kier alpha value is -2.47. The minimum absolute atomic E-state index is 0.114. The Morgan fingerprint density at radius 1 is 1.10 bits per heavy atom. The molecule has 0 radical (unpaired) electrons. The van der Waals surface area contributed by atoms with Gasteiger partial charge in [0, 0.05) is 24.5 Å². The second-order valence-electron chi connectivity index (χ2n) is 7.15. The molecule has 2 amide bonds. The number of carbonyl (C=O) groups excluding carboxylic acids is 2. The molecule has 0 atom stereocenters. The van der Waals surface area contributed by atoms with Crippen molar-refractivity contribution in [1.29, 1.82) is 0 Å². The van der Waals surface area contributed by atoms with Crippen LogP contribution in [0.5, 0.6) is 5.75 Å². The van der Waals surface area contributed by atoms with Gasteiger partial charge in [-0.2, -0.15) is 0 Å². The van der Waals surface area contributed by atoms with Crippen molar-refractivity contribution in [3.63, 3.8) is 0 Å². The molecule has 1 aliphatic rings. The highest BCUT2D eigenvalue weighted by Crippen LogP contribution is 2.23. The van der Waals surface area contributed by atoms with Crippen molar-refractivity contribution in [1.82, 2.24) is 10.2 Å². The number of nitrogens with one attached hydrogen (secondary N) is 1. The van der Waals surface area contributed by atoms with Crippen LogP contribution in [0.3, 0.4) is 0 Å². The molecule has 6 heteroatoms. The zero-order chi connectivity index (χ0) is 20.5. The zero-order valence-electron chi connectivity index (χ0n) is 16.9. The van der Waals surface area contributed by atoms with Crippen LogP contribution in [0.25, 0.3) is 0 Å². The van der Waals surface area contributed by atoms with Crippen molar-refractivity contribution in [2.45, 2.75) is 31.1 Å². The summed E-state index contributed by atoms with van der Waals surface area (Å²) in [6, 6.07) is 15.4. The fraction of sp³-hybridized carbons (Fsp3) is 0.391. The lowest BCUT2D eigenvalue weighted by Crippen LogP contribution is -2.29. The van der Waals surface area contributed by atoms with E-state index in [1.54, 1.807) is 6.07 Å². The van der Waals surface area contributed by atoms with Gasteiger partial charge in [-0.05, 0) is 56.0 Å². The van der Waals surface area contributed by atoms with Gasteiger partial charge in [-0.15, -0.1) is 11.8 Å². The van der Waals surface area contributed by atoms with E-state index in [2.05, 4.69) is 5.32 Å². The van der Waals surface area contributed by atoms with Gasteiger partial charge in [0.1, 0.15) is 5.75 Å². The Kier molecular flexibility index (Phi) is 7.99. The molecule has 0 aromatic heterocycles. The third-order valence-corrected chi connectivity index (χ3v) is 5.86. The number of amides is 2. The topological polar surface area (TPSA) is 58.6 Å². The predicted molar refractivity (Wildman–Crippen MR) is 117 cm³/mol. The molecule has 5 nitrogen and oxygen atoms in total. The summed E-state index contributed by atoms with van der Waals surface area (Å²) in [5, 5.41) is 2.95. The maximum absolute atomic E-state index is 12.6. The Morgan fingerprint density at radius 2 is 1.90 bits per heavy atom. The van der Waals surface area contributed by atoms with Gasteiger partial charge in [-0.1, -0.05) is 24.3 Å². The number of hydrogen-bond donors (Lipinski definition) is 1. The first-order chi connectivity index (χ1) is 14.1. The number of thioether (sulfide) groups is 1. The summed E-state index contributed by atoms with van der Waals surface area (Å²) in [5.41, 5.74) is 1.78. The van der Waals surface area contributed by atoms with E-state index < -0.39 is 0 Å². The van der Waals surface area contributed by atoms with Crippen LogP contribution in [0.15, 0.2) is 53.4 Å². The molecule has 0 spiro atoms. The van der Waals surface area contributed by atoms with Crippen molar-refractivity contribution in [2.75, 3.05) is 32.0 Å². The number of hydrogen-bond acceptors (Lipinski definition) is 4. The molecule has 1 aliphatic heterocycles. The van der Waals surface area contributed by atoms with Crippen LogP contribution in [-0.2, 0) is 4.79 Å². The second-order valence-corrected chi connectivity index (χ2v) is 8.16. The molecule has 0 saturated carbocycles. The van der Waals surface area contributed by atoms with E-state index >= 15 is 0 Å². The van der Waals surface area contributed by atoms with Gasteiger partial charge in [0.25, 0.3) is 5.91 Å². The summed E-state index contributed by atoms with van der Waals surface area (Å²) in [4.78, 5) is 27.6. The molecular formula is C23H28N2O3S. The first kappa shape index (κ1) is 21.2. The smallest absolute Gasteiger partial charge is 0.252 e. The summed E-state index contributed by atoms with van der Waals surface area (Å²) >= 11 is 1.44. The summed E-state index contributed by atoms with van der Waals surface area (Å²) in [7, 11) is 0. The minimum atomic E-state index is -0.114. The lowest BCUT2D eigenvalue weighted by atomic mass is 10.2. The van der Waals surface area contributed by atoms with Gasteiger partial charge < -0.3 is 15.0 Å². The van der Waals surface area contributed by atoms with Crippen LogP contribution >= 0.6 is 11.8 Å². The first-order valence-electron chi connectivity index (χ1n) is 10.1. The molecule has 3 rings (SSSR count). The van der Waals surface area contributed by atoms with Gasteiger partial charge in [0.15, 0.2) is 0 Å². The van der Waals surface area contributed by atoms with E-state index in [1.165, 1.54) is 11.8 Å². The molecule has 1 N–H and O–H groups in total. The summed E-state index contributed by atoms with van der Waals surface area (Å²) in [5.74, 6) is 1.25. The third kappa shape index (κ3) is 6.53. The third-order valence-electron chi connectivity index (χ3n) is 4.81. The van der Waals surface area contributed by atoms with E-state index in [9.17, 15) is 9.59 Å². The molecule has 0 aliphatic carbocycles. The van der Waals surface area contributed by atoms with E-state index in [-0.39, 0.29) is 11.8 Å². The Balaban J connectivity index is 1.43. The van der Waals surface area contributed by atoms with Gasteiger partial charge >= 0.3 is 0 Å². The highest BCUT2D eigenvalue weighted by molar-refractivity contribution is 8.00. The summed E-state index contributed by atoms with van der Waals surface area (Å²) in [6.45, 7) is 4.82. The molecule has 2 aromatic rings. The van der Waals surface area contributed by atoms with Gasteiger partial charge in [0.2, 0.25) is 5.91 Å². The monoisotopic (exact) mass is 412 g/mol. The van der Waals surface area contributed by atoms with Gasteiger partial charge in [0.05, 0.1) is 17.9 Å². The average molecular weight is 413 g/mol. The van der Waals surface area contributed by atoms with E-state index in [4.69, 9.17) is 4.74 Å².